The molecule has 0 spiro atoms. The van der Waals surface area contributed by atoms with E-state index < -0.39 is 0 Å². The molecule has 0 saturated heterocycles. The number of rotatable bonds is 4. The highest BCUT2D eigenvalue weighted by Crippen LogP contribution is 2.25. The molecule has 0 aliphatic rings. The Balaban J connectivity index is 2.38. The predicted molar refractivity (Wildman–Crippen MR) is 75.0 cm³/mol. The van der Waals surface area contributed by atoms with Gasteiger partial charge in [-0.1, -0.05) is 19.8 Å². The van der Waals surface area contributed by atoms with Crippen LogP contribution in [0, 0.1) is 11.3 Å². The molecule has 0 amide bonds. The standard InChI is InChI=1S/C14H17N2P/c1-2-3-4-5-12-10-16(17)14-7-6-11(9-15)8-13(12)14/h6-8,10H,2-5,17H2,1H3. The average Bonchev–Trinajstić information content (AvgIpc) is 2.66. The molecule has 0 aliphatic carbocycles. The summed E-state index contributed by atoms with van der Waals surface area (Å²) in [5.74, 6) is 0. The normalized spacial score (nSPS) is 10.6. The highest BCUT2D eigenvalue weighted by molar-refractivity contribution is 7.14. The van der Waals surface area contributed by atoms with Crippen LogP contribution in [0.4, 0.5) is 0 Å². The Bertz CT molecular complexity index is 563. The number of nitrogens with zero attached hydrogens (tertiary/aromatic N) is 2. The van der Waals surface area contributed by atoms with Crippen molar-refractivity contribution in [3.8, 4) is 6.07 Å². The van der Waals surface area contributed by atoms with Crippen molar-refractivity contribution in [2.24, 2.45) is 0 Å². The van der Waals surface area contributed by atoms with Crippen LogP contribution >= 0.6 is 9.39 Å². The first-order chi connectivity index (χ1) is 8.26. The van der Waals surface area contributed by atoms with Crippen LogP contribution in [0.25, 0.3) is 10.9 Å². The zero-order valence-electron chi connectivity index (χ0n) is 10.1. The molecule has 3 heteroatoms. The summed E-state index contributed by atoms with van der Waals surface area (Å²) in [5.41, 5.74) is 3.27. The molecule has 1 unspecified atom stereocenters. The highest BCUT2D eigenvalue weighted by atomic mass is 31.0. The maximum atomic E-state index is 8.95. The number of nitriles is 1. The number of aromatic nitrogens is 1. The van der Waals surface area contributed by atoms with E-state index in [0.29, 0.717) is 0 Å². The predicted octanol–water partition coefficient (Wildman–Crippen LogP) is 3.88. The summed E-state index contributed by atoms with van der Waals surface area (Å²) in [6.07, 6.45) is 6.98. The molecule has 1 aromatic carbocycles. The fourth-order valence-corrected chi connectivity index (χ4v) is 2.56. The third-order valence-corrected chi connectivity index (χ3v) is 3.52. The van der Waals surface area contributed by atoms with Crippen LogP contribution in [0.3, 0.4) is 0 Å². The zero-order valence-corrected chi connectivity index (χ0v) is 11.3. The van der Waals surface area contributed by atoms with Gasteiger partial charge in [0.2, 0.25) is 0 Å². The average molecular weight is 244 g/mol. The van der Waals surface area contributed by atoms with Gasteiger partial charge in [-0.25, -0.2) is 0 Å². The van der Waals surface area contributed by atoms with Crippen molar-refractivity contribution in [1.29, 1.82) is 5.26 Å². The van der Waals surface area contributed by atoms with E-state index in [1.165, 1.54) is 35.7 Å². The van der Waals surface area contributed by atoms with Gasteiger partial charge in [-0.15, -0.1) is 0 Å². The molecule has 1 aromatic heterocycles. The van der Waals surface area contributed by atoms with Gasteiger partial charge in [0.1, 0.15) is 0 Å². The summed E-state index contributed by atoms with van der Waals surface area (Å²) in [4.78, 5) is 0. The summed E-state index contributed by atoms with van der Waals surface area (Å²) >= 11 is 0. The Morgan fingerprint density at radius 1 is 1.35 bits per heavy atom. The van der Waals surface area contributed by atoms with Crippen LogP contribution < -0.4 is 0 Å². The number of benzene rings is 1. The molecule has 0 aliphatic heterocycles. The maximum absolute atomic E-state index is 8.95. The number of fused-ring (bicyclic) bond motifs is 1. The molecule has 1 atom stereocenters. The van der Waals surface area contributed by atoms with Crippen molar-refractivity contribution in [2.45, 2.75) is 32.6 Å². The fourth-order valence-electron chi connectivity index (χ4n) is 2.16. The monoisotopic (exact) mass is 244 g/mol. The van der Waals surface area contributed by atoms with Crippen molar-refractivity contribution in [2.75, 3.05) is 0 Å². The lowest BCUT2D eigenvalue weighted by Crippen LogP contribution is -1.83. The molecular formula is C14H17N2P. The third kappa shape index (κ3) is 2.51. The van der Waals surface area contributed by atoms with E-state index in [4.69, 9.17) is 5.26 Å². The van der Waals surface area contributed by atoms with Crippen LogP contribution in [0.1, 0.15) is 37.3 Å². The summed E-state index contributed by atoms with van der Waals surface area (Å²) in [5, 5.41) is 10.2. The smallest absolute Gasteiger partial charge is 0.0991 e. The number of unbranched alkanes of at least 4 members (excludes halogenated alkanes) is 2. The van der Waals surface area contributed by atoms with Gasteiger partial charge in [0, 0.05) is 11.6 Å². The molecule has 2 rings (SSSR count). The van der Waals surface area contributed by atoms with Crippen LogP contribution in [0.2, 0.25) is 0 Å². The fraction of sp³-hybridized carbons (Fsp3) is 0.357. The second-order valence-corrected chi connectivity index (χ2v) is 4.92. The van der Waals surface area contributed by atoms with Gasteiger partial charge in [-0.3, -0.25) is 0 Å². The topological polar surface area (TPSA) is 28.7 Å². The largest absolute Gasteiger partial charge is 0.332 e. The van der Waals surface area contributed by atoms with Crippen LogP contribution in [0.15, 0.2) is 24.4 Å². The van der Waals surface area contributed by atoms with Gasteiger partial charge in [0.25, 0.3) is 0 Å². The lowest BCUT2D eigenvalue weighted by molar-refractivity contribution is 0.719. The minimum atomic E-state index is 0.741. The summed E-state index contributed by atoms with van der Waals surface area (Å²) < 4.78 is 2.07. The number of hydrogen-bond donors (Lipinski definition) is 0. The number of aryl methyl sites for hydroxylation is 1. The lowest BCUT2D eigenvalue weighted by atomic mass is 10.0. The summed E-state index contributed by atoms with van der Waals surface area (Å²) in [6, 6.07) is 8.10. The Hall–Kier alpha value is -1.32. The summed E-state index contributed by atoms with van der Waals surface area (Å²) in [7, 11) is 2.71. The maximum Gasteiger partial charge on any atom is 0.0991 e. The van der Waals surface area contributed by atoms with E-state index in [9.17, 15) is 0 Å². The van der Waals surface area contributed by atoms with E-state index in [0.717, 1.165) is 12.0 Å². The van der Waals surface area contributed by atoms with Gasteiger partial charge in [-0.2, -0.15) is 5.26 Å². The van der Waals surface area contributed by atoms with Gasteiger partial charge in [0.15, 0.2) is 0 Å². The molecule has 2 nitrogen and oxygen atoms in total. The molecule has 0 saturated carbocycles. The first kappa shape index (κ1) is 12.1. The molecule has 0 radical (unpaired) electrons. The van der Waals surface area contributed by atoms with Gasteiger partial charge >= 0.3 is 0 Å². The van der Waals surface area contributed by atoms with Gasteiger partial charge in [-0.05, 0) is 46.0 Å². The quantitative estimate of drug-likeness (QED) is 0.592. The minimum Gasteiger partial charge on any atom is -0.332 e. The van der Waals surface area contributed by atoms with Crippen molar-refractivity contribution in [3.05, 3.63) is 35.5 Å². The molecule has 17 heavy (non-hydrogen) atoms. The van der Waals surface area contributed by atoms with Crippen molar-refractivity contribution < 1.29 is 0 Å². The summed E-state index contributed by atoms with van der Waals surface area (Å²) in [6.45, 7) is 2.22. The molecule has 0 N–H and O–H groups in total. The van der Waals surface area contributed by atoms with Crippen LogP contribution in [-0.4, -0.2) is 4.34 Å². The van der Waals surface area contributed by atoms with Gasteiger partial charge in [0.05, 0.1) is 17.1 Å². The first-order valence-electron chi connectivity index (χ1n) is 6.05. The molecule has 0 bridgehead atoms. The van der Waals surface area contributed by atoms with Crippen molar-refractivity contribution in [3.63, 3.8) is 0 Å². The second-order valence-electron chi connectivity index (χ2n) is 4.36. The Labute approximate surface area is 105 Å². The van der Waals surface area contributed by atoms with E-state index in [2.05, 4.69) is 32.9 Å². The molecule has 2 aromatic rings. The highest BCUT2D eigenvalue weighted by Gasteiger charge is 2.07. The third-order valence-electron chi connectivity index (χ3n) is 3.09. The van der Waals surface area contributed by atoms with Crippen LogP contribution in [-0.2, 0) is 6.42 Å². The van der Waals surface area contributed by atoms with E-state index in [1.807, 2.05) is 18.2 Å². The lowest BCUT2D eigenvalue weighted by Gasteiger charge is -1.98. The zero-order chi connectivity index (χ0) is 12.3. The van der Waals surface area contributed by atoms with Crippen molar-refractivity contribution in [1.82, 2.24) is 4.34 Å². The Morgan fingerprint density at radius 2 is 2.18 bits per heavy atom. The van der Waals surface area contributed by atoms with Gasteiger partial charge < -0.3 is 4.34 Å². The molecule has 0 fully saturated rings. The number of hydrogen-bond acceptors (Lipinski definition) is 1. The van der Waals surface area contributed by atoms with E-state index in [1.54, 1.807) is 0 Å². The van der Waals surface area contributed by atoms with Crippen LogP contribution in [0.5, 0.6) is 0 Å². The second kappa shape index (κ2) is 5.34. The molecule has 1 heterocycles. The Kier molecular flexibility index (Phi) is 3.82. The minimum absolute atomic E-state index is 0.741. The van der Waals surface area contributed by atoms with E-state index >= 15 is 0 Å². The van der Waals surface area contributed by atoms with Crippen molar-refractivity contribution >= 4 is 20.3 Å². The SMILES string of the molecule is CCCCCc1cn(P)c2ccc(C#N)cc12. The molecular weight excluding hydrogens is 227 g/mol. The Morgan fingerprint density at radius 3 is 2.88 bits per heavy atom. The first-order valence-corrected chi connectivity index (χ1v) is 6.57. The van der Waals surface area contributed by atoms with E-state index in [-0.39, 0.29) is 0 Å². The molecule has 88 valence electrons.